The summed E-state index contributed by atoms with van der Waals surface area (Å²) in [5.74, 6) is -3.09. The van der Waals surface area contributed by atoms with Crippen molar-refractivity contribution in [3.05, 3.63) is 67.0 Å². The van der Waals surface area contributed by atoms with Crippen LogP contribution in [-0.2, 0) is 0 Å². The molecule has 2 amide bonds. The third kappa shape index (κ3) is 4.84. The van der Waals surface area contributed by atoms with E-state index in [1.54, 1.807) is 42.7 Å². The van der Waals surface area contributed by atoms with Crippen molar-refractivity contribution in [1.29, 1.82) is 0 Å². The van der Waals surface area contributed by atoms with E-state index in [1.165, 1.54) is 6.92 Å². The Labute approximate surface area is 166 Å². The molecule has 2 N–H and O–H groups in total. The Morgan fingerprint density at radius 1 is 1.28 bits per heavy atom. The number of aromatic nitrogens is 2. The fourth-order valence-electron chi connectivity index (χ4n) is 2.84. The molecule has 2 aromatic heterocycles. The number of amides is 2. The van der Waals surface area contributed by atoms with Gasteiger partial charge in [0.15, 0.2) is 5.78 Å². The van der Waals surface area contributed by atoms with Crippen LogP contribution in [0.2, 0.25) is 0 Å². The summed E-state index contributed by atoms with van der Waals surface area (Å²) in [5, 5.41) is 4.71. The molecule has 150 valence electrons. The van der Waals surface area contributed by atoms with Crippen LogP contribution in [0.25, 0.3) is 16.9 Å². The first-order valence-corrected chi connectivity index (χ1v) is 8.91. The van der Waals surface area contributed by atoms with Gasteiger partial charge in [-0.15, -0.1) is 6.58 Å². The predicted molar refractivity (Wildman–Crippen MR) is 107 cm³/mol. The van der Waals surface area contributed by atoms with Crippen LogP contribution in [0, 0.1) is 0 Å². The Bertz CT molecular complexity index is 1080. The number of allylic oxidation sites excluding steroid dienone is 1. The molecule has 0 aliphatic rings. The normalized spacial score (nSPS) is 11.3. The molecule has 3 rings (SSSR count). The van der Waals surface area contributed by atoms with Gasteiger partial charge in [0.25, 0.3) is 5.92 Å². The summed E-state index contributed by atoms with van der Waals surface area (Å²) in [6, 6.07) is 9.62. The number of fused-ring (bicyclic) bond motifs is 1. The molecule has 0 unspecified atom stereocenters. The van der Waals surface area contributed by atoms with Gasteiger partial charge in [0.05, 0.1) is 18.4 Å². The van der Waals surface area contributed by atoms with Crippen molar-refractivity contribution < 1.29 is 18.4 Å². The second kappa shape index (κ2) is 8.22. The highest BCUT2D eigenvalue weighted by molar-refractivity contribution is 5.95. The second-order valence-corrected chi connectivity index (χ2v) is 6.58. The number of benzene rings is 1. The van der Waals surface area contributed by atoms with E-state index in [0.29, 0.717) is 16.9 Å². The van der Waals surface area contributed by atoms with E-state index in [1.807, 2.05) is 10.5 Å². The molecule has 0 saturated heterocycles. The van der Waals surface area contributed by atoms with Crippen LogP contribution in [0.4, 0.5) is 19.3 Å². The molecule has 0 atom stereocenters. The first-order chi connectivity index (χ1) is 13.8. The number of nitrogens with zero attached hydrogens (tertiary/aromatic N) is 2. The lowest BCUT2D eigenvalue weighted by molar-refractivity contribution is 0.00841. The van der Waals surface area contributed by atoms with Crippen LogP contribution >= 0.6 is 0 Å². The number of halogens is 2. The average molecular weight is 398 g/mol. The first kappa shape index (κ1) is 20.2. The molecule has 1 aromatic carbocycles. The van der Waals surface area contributed by atoms with Crippen LogP contribution in [-0.4, -0.2) is 33.7 Å². The largest absolute Gasteiger partial charge is 0.332 e. The number of urea groups is 1. The minimum absolute atomic E-state index is 0.0482. The second-order valence-electron chi connectivity index (χ2n) is 6.58. The number of Topliss-reactive ketones (excluding diaryl/α,β-unsaturated/α-hetero) is 1. The van der Waals surface area contributed by atoms with Crippen LogP contribution < -0.4 is 10.6 Å². The fourth-order valence-corrected chi connectivity index (χ4v) is 2.84. The summed E-state index contributed by atoms with van der Waals surface area (Å²) in [6.45, 7) is 3.99. The number of rotatable bonds is 7. The number of carbonyl (C=O) groups excluding carboxylic acids is 2. The van der Waals surface area contributed by atoms with Crippen molar-refractivity contribution in [2.75, 3.05) is 11.9 Å². The van der Waals surface area contributed by atoms with Gasteiger partial charge in [0.1, 0.15) is 5.65 Å². The Morgan fingerprint density at radius 3 is 2.79 bits per heavy atom. The van der Waals surface area contributed by atoms with Crippen LogP contribution in [0.3, 0.4) is 0 Å². The van der Waals surface area contributed by atoms with E-state index < -0.39 is 24.9 Å². The topological polar surface area (TPSA) is 75.5 Å². The zero-order valence-corrected chi connectivity index (χ0v) is 15.8. The van der Waals surface area contributed by atoms with Gasteiger partial charge in [-0.05, 0) is 31.2 Å². The number of carbonyl (C=O) groups is 2. The Kier molecular flexibility index (Phi) is 5.72. The summed E-state index contributed by atoms with van der Waals surface area (Å²) in [5.41, 5.74) is 3.16. The third-order valence-electron chi connectivity index (χ3n) is 4.29. The van der Waals surface area contributed by atoms with Crippen molar-refractivity contribution in [3.63, 3.8) is 0 Å². The van der Waals surface area contributed by atoms with Gasteiger partial charge in [-0.1, -0.05) is 18.2 Å². The van der Waals surface area contributed by atoms with Crippen molar-refractivity contribution >= 4 is 23.1 Å². The molecular formula is C21H20F2N4O2. The number of ketones is 1. The van der Waals surface area contributed by atoms with Crippen molar-refractivity contribution in [2.24, 2.45) is 0 Å². The van der Waals surface area contributed by atoms with Gasteiger partial charge >= 0.3 is 6.03 Å². The maximum atomic E-state index is 13.5. The van der Waals surface area contributed by atoms with Gasteiger partial charge in [0.2, 0.25) is 0 Å². The average Bonchev–Trinajstić information content (AvgIpc) is 3.10. The van der Waals surface area contributed by atoms with Crippen LogP contribution in [0.1, 0.15) is 23.7 Å². The number of alkyl halides is 2. The number of hydrogen-bond donors (Lipinski definition) is 2. The molecule has 29 heavy (non-hydrogen) atoms. The first-order valence-electron chi connectivity index (χ1n) is 8.91. The molecule has 0 aliphatic heterocycles. The lowest BCUT2D eigenvalue weighted by Gasteiger charge is -2.15. The van der Waals surface area contributed by atoms with E-state index >= 15 is 0 Å². The highest BCUT2D eigenvalue weighted by Gasteiger charge is 2.27. The van der Waals surface area contributed by atoms with Crippen molar-refractivity contribution in [2.45, 2.75) is 19.3 Å². The highest BCUT2D eigenvalue weighted by atomic mass is 19.3. The molecule has 0 radical (unpaired) electrons. The van der Waals surface area contributed by atoms with Gasteiger partial charge in [0, 0.05) is 29.4 Å². The molecule has 8 heteroatoms. The van der Waals surface area contributed by atoms with E-state index in [2.05, 4.69) is 22.2 Å². The molecule has 0 bridgehead atoms. The summed E-state index contributed by atoms with van der Waals surface area (Å²) in [4.78, 5) is 27.8. The summed E-state index contributed by atoms with van der Waals surface area (Å²) in [7, 11) is 0. The summed E-state index contributed by atoms with van der Waals surface area (Å²) < 4.78 is 28.7. The number of hydrogen-bond acceptors (Lipinski definition) is 3. The third-order valence-corrected chi connectivity index (χ3v) is 4.29. The monoisotopic (exact) mass is 398 g/mol. The van der Waals surface area contributed by atoms with Crippen LogP contribution in [0.15, 0.2) is 61.4 Å². The maximum absolute atomic E-state index is 13.5. The molecule has 6 nitrogen and oxygen atoms in total. The van der Waals surface area contributed by atoms with E-state index in [-0.39, 0.29) is 5.78 Å². The Morgan fingerprint density at radius 2 is 2.07 bits per heavy atom. The standard InChI is InChI=1S/C21H20F2N4O2/c1-3-8-21(22,23)13-25-20(29)26-17-6-4-5-16(10-17)18-12-24-19-11-15(14(2)28)7-9-27(18)19/h3-7,9-12H,1,8,13H2,2H3,(H2,25,26,29). The quantitative estimate of drug-likeness (QED) is 0.453. The molecule has 2 heterocycles. The summed E-state index contributed by atoms with van der Waals surface area (Å²) in [6.07, 6.45) is 4.01. The molecule has 0 aliphatic carbocycles. The minimum Gasteiger partial charge on any atom is -0.332 e. The van der Waals surface area contributed by atoms with E-state index in [0.717, 1.165) is 17.3 Å². The minimum atomic E-state index is -3.05. The van der Waals surface area contributed by atoms with Gasteiger partial charge in [-0.3, -0.25) is 9.20 Å². The van der Waals surface area contributed by atoms with Gasteiger partial charge in [-0.2, -0.15) is 0 Å². The zero-order valence-electron chi connectivity index (χ0n) is 15.8. The molecule has 0 fully saturated rings. The lowest BCUT2D eigenvalue weighted by Crippen LogP contribution is -2.38. The summed E-state index contributed by atoms with van der Waals surface area (Å²) >= 11 is 0. The SMILES string of the molecule is C=CCC(F)(F)CNC(=O)Nc1cccc(-c2cnc3cc(C(C)=O)ccn23)c1. The molecule has 0 spiro atoms. The van der Waals surface area contributed by atoms with E-state index in [4.69, 9.17) is 0 Å². The van der Waals surface area contributed by atoms with E-state index in [9.17, 15) is 18.4 Å². The van der Waals surface area contributed by atoms with Gasteiger partial charge in [-0.25, -0.2) is 18.6 Å². The molecule has 3 aromatic rings. The highest BCUT2D eigenvalue weighted by Crippen LogP contribution is 2.24. The number of pyridine rings is 1. The van der Waals surface area contributed by atoms with Gasteiger partial charge < -0.3 is 10.6 Å². The molecule has 0 saturated carbocycles. The lowest BCUT2D eigenvalue weighted by atomic mass is 10.1. The Balaban J connectivity index is 1.76. The number of nitrogens with one attached hydrogen (secondary N) is 2. The van der Waals surface area contributed by atoms with Crippen molar-refractivity contribution in [1.82, 2.24) is 14.7 Å². The fraction of sp³-hybridized carbons (Fsp3) is 0.190. The smallest absolute Gasteiger partial charge is 0.319 e. The maximum Gasteiger partial charge on any atom is 0.319 e. The zero-order chi connectivity index (χ0) is 21.0. The van der Waals surface area contributed by atoms with Crippen molar-refractivity contribution in [3.8, 4) is 11.3 Å². The number of imidazole rings is 1. The number of anilines is 1. The predicted octanol–water partition coefficient (Wildman–Crippen LogP) is 4.54. The van der Waals surface area contributed by atoms with Crippen LogP contribution in [0.5, 0.6) is 0 Å². The molecular weight excluding hydrogens is 378 g/mol. The Hall–Kier alpha value is -3.55.